The maximum absolute atomic E-state index is 12.6. The summed E-state index contributed by atoms with van der Waals surface area (Å²) in [5, 5.41) is 23.1. The van der Waals surface area contributed by atoms with Crippen molar-refractivity contribution in [3.63, 3.8) is 0 Å². The first-order chi connectivity index (χ1) is 16.7. The smallest absolute Gasteiger partial charge is 0.306 e. The Kier molecular flexibility index (Phi) is 9.63. The number of hydrogen-bond acceptors (Lipinski definition) is 5. The van der Waals surface area contributed by atoms with Gasteiger partial charge in [0.15, 0.2) is 6.10 Å². The van der Waals surface area contributed by atoms with Crippen molar-refractivity contribution in [2.24, 2.45) is 0 Å². The van der Waals surface area contributed by atoms with E-state index in [9.17, 15) is 15.0 Å². The molecule has 0 aliphatic carbocycles. The number of cyclic esters (lactones) is 1. The van der Waals surface area contributed by atoms with Crippen LogP contribution >= 0.6 is 0 Å². The summed E-state index contributed by atoms with van der Waals surface area (Å²) in [4.78, 5) is 12.6. The Morgan fingerprint density at radius 3 is 2.11 bits per heavy atom. The molecular weight excluding hydrogens is 456 g/mol. The average molecular weight is 495 g/mol. The van der Waals surface area contributed by atoms with Crippen molar-refractivity contribution >= 4 is 24.7 Å². The van der Waals surface area contributed by atoms with Gasteiger partial charge in [-0.2, -0.15) is 0 Å². The minimum absolute atomic E-state index is 0.0405. The molecule has 35 heavy (non-hydrogen) atoms. The number of hydrogen-bond donors (Lipinski definition) is 2. The van der Waals surface area contributed by atoms with Crippen molar-refractivity contribution in [3.05, 3.63) is 85.0 Å². The Morgan fingerprint density at radius 1 is 0.943 bits per heavy atom. The monoisotopic (exact) mass is 494 g/mol. The maximum Gasteiger partial charge on any atom is 0.306 e. The number of carbonyl (C=O) groups is 1. The molecule has 3 atom stereocenters. The molecule has 6 heteroatoms. The summed E-state index contributed by atoms with van der Waals surface area (Å²) in [5.41, 5.74) is 0. The molecule has 0 bridgehead atoms. The molecule has 2 aromatic carbocycles. The van der Waals surface area contributed by atoms with Crippen LogP contribution in [0.25, 0.3) is 0 Å². The Labute approximate surface area is 210 Å². The quantitative estimate of drug-likeness (QED) is 0.375. The van der Waals surface area contributed by atoms with Crippen molar-refractivity contribution in [1.29, 1.82) is 0 Å². The van der Waals surface area contributed by atoms with Crippen LogP contribution in [0.15, 0.2) is 85.0 Å². The van der Waals surface area contributed by atoms with Gasteiger partial charge < -0.3 is 19.4 Å². The third-order valence-electron chi connectivity index (χ3n) is 6.37. The molecule has 0 radical (unpaired) electrons. The fraction of sp³-hybridized carbons (Fsp3) is 0.414. The first-order valence-corrected chi connectivity index (χ1v) is 14.3. The van der Waals surface area contributed by atoms with Gasteiger partial charge in [0, 0.05) is 6.42 Å². The van der Waals surface area contributed by atoms with Gasteiger partial charge in [0.25, 0.3) is 8.32 Å². The molecule has 0 saturated heterocycles. The number of aliphatic hydroxyl groups is 2. The zero-order chi connectivity index (χ0) is 25.3. The highest BCUT2D eigenvalue weighted by molar-refractivity contribution is 6.99. The summed E-state index contributed by atoms with van der Waals surface area (Å²) in [5.74, 6) is -0.360. The maximum atomic E-state index is 12.6. The molecule has 188 valence electrons. The van der Waals surface area contributed by atoms with Gasteiger partial charge in [-0.25, -0.2) is 0 Å². The molecule has 5 nitrogen and oxygen atoms in total. The van der Waals surface area contributed by atoms with Gasteiger partial charge in [-0.3, -0.25) is 4.79 Å². The van der Waals surface area contributed by atoms with E-state index in [0.717, 1.165) is 16.8 Å². The van der Waals surface area contributed by atoms with Gasteiger partial charge in [-0.15, -0.1) is 0 Å². The van der Waals surface area contributed by atoms with E-state index in [1.165, 1.54) is 6.08 Å². The molecule has 3 rings (SSSR count). The van der Waals surface area contributed by atoms with Gasteiger partial charge in [-0.1, -0.05) is 106 Å². The van der Waals surface area contributed by atoms with Crippen molar-refractivity contribution in [2.45, 2.75) is 69.8 Å². The number of benzene rings is 2. The van der Waals surface area contributed by atoms with E-state index in [0.29, 0.717) is 12.8 Å². The Hall–Kier alpha value is -2.51. The van der Waals surface area contributed by atoms with E-state index in [2.05, 4.69) is 45.0 Å². The largest absolute Gasteiger partial charge is 0.457 e. The number of ether oxygens (including phenoxy) is 1. The third-order valence-corrected chi connectivity index (χ3v) is 11.4. The number of carbonyl (C=O) groups excluding carboxylic acids is 1. The Balaban J connectivity index is 1.97. The second-order valence-electron chi connectivity index (χ2n) is 10.0. The standard InChI is InChI=1S/C29H38O5Si/c1-29(2,3)35(24-15-9-6-10-16-24,25-17-11-7-12-18-25)33-22-27-26(31)21-20-23(30)14-8-4-5-13-19-28(32)34-27/h4,6-12,15-18,20-21,23,26-27,30-31H,5,13-14,19,22H2,1-3H3/b8-4-,21-20+/t23-,26+,27-/m1/s1. The summed E-state index contributed by atoms with van der Waals surface area (Å²) in [6, 6.07) is 20.4. The van der Waals surface area contributed by atoms with Crippen molar-refractivity contribution < 1.29 is 24.2 Å². The Morgan fingerprint density at radius 2 is 1.54 bits per heavy atom. The lowest BCUT2D eigenvalue weighted by molar-refractivity contribution is -0.155. The van der Waals surface area contributed by atoms with Gasteiger partial charge in [0.05, 0.1) is 12.7 Å². The van der Waals surface area contributed by atoms with E-state index >= 15 is 0 Å². The van der Waals surface area contributed by atoms with Crippen LogP contribution in [0.5, 0.6) is 0 Å². The molecule has 0 aromatic heterocycles. The van der Waals surface area contributed by atoms with Crippen LogP contribution in [0, 0.1) is 0 Å². The van der Waals surface area contributed by atoms with Gasteiger partial charge in [0.1, 0.15) is 6.10 Å². The fourth-order valence-corrected chi connectivity index (χ4v) is 9.13. The van der Waals surface area contributed by atoms with Crippen LogP contribution in [0.4, 0.5) is 0 Å². The predicted octanol–water partition coefficient (Wildman–Crippen LogP) is 3.88. The molecule has 0 spiro atoms. The molecular formula is C29H38O5Si. The normalized spacial score (nSPS) is 24.4. The zero-order valence-corrected chi connectivity index (χ0v) is 22.0. The third kappa shape index (κ3) is 7.01. The number of esters is 1. The van der Waals surface area contributed by atoms with Crippen LogP contribution in [-0.4, -0.2) is 49.4 Å². The van der Waals surface area contributed by atoms with Crippen molar-refractivity contribution in [2.75, 3.05) is 6.61 Å². The van der Waals surface area contributed by atoms with Crippen molar-refractivity contribution in [3.8, 4) is 0 Å². The van der Waals surface area contributed by atoms with Crippen LogP contribution in [0.3, 0.4) is 0 Å². The molecule has 1 heterocycles. The highest BCUT2D eigenvalue weighted by Gasteiger charge is 2.50. The molecule has 1 aliphatic heterocycles. The van der Waals surface area contributed by atoms with Crippen LogP contribution in [-0.2, 0) is 14.0 Å². The number of allylic oxidation sites excluding steroid dienone is 1. The Bertz CT molecular complexity index is 942. The SMILES string of the molecule is CC(C)(C)[Si](OC[C@H]1OC(=O)CCC/C=C\C[C@@H](O)/C=C/[C@@H]1O)(c1ccccc1)c1ccccc1. The second-order valence-corrected chi connectivity index (χ2v) is 14.4. The summed E-state index contributed by atoms with van der Waals surface area (Å²) >= 11 is 0. The summed E-state index contributed by atoms with van der Waals surface area (Å²) in [6.45, 7) is 6.57. The number of aliphatic hydroxyl groups excluding tert-OH is 2. The minimum Gasteiger partial charge on any atom is -0.457 e. The highest BCUT2D eigenvalue weighted by atomic mass is 28.4. The van der Waals surface area contributed by atoms with E-state index in [1.54, 1.807) is 6.08 Å². The first-order valence-electron chi connectivity index (χ1n) is 12.4. The summed E-state index contributed by atoms with van der Waals surface area (Å²) < 4.78 is 12.6. The molecule has 2 N–H and O–H groups in total. The summed E-state index contributed by atoms with van der Waals surface area (Å²) in [6.07, 6.45) is 6.32. The highest BCUT2D eigenvalue weighted by Crippen LogP contribution is 2.37. The lowest BCUT2D eigenvalue weighted by Crippen LogP contribution is -2.67. The van der Waals surface area contributed by atoms with Crippen LogP contribution in [0.2, 0.25) is 5.04 Å². The molecule has 0 amide bonds. The van der Waals surface area contributed by atoms with E-state index < -0.39 is 26.6 Å². The lowest BCUT2D eigenvalue weighted by Gasteiger charge is -2.43. The molecule has 0 fully saturated rings. The minimum atomic E-state index is -2.86. The zero-order valence-electron chi connectivity index (χ0n) is 21.0. The fourth-order valence-electron chi connectivity index (χ4n) is 4.56. The van der Waals surface area contributed by atoms with Gasteiger partial charge >= 0.3 is 5.97 Å². The molecule has 0 unspecified atom stereocenters. The average Bonchev–Trinajstić information content (AvgIpc) is 2.85. The second kappa shape index (κ2) is 12.4. The van der Waals surface area contributed by atoms with Crippen LogP contribution < -0.4 is 10.4 Å². The topological polar surface area (TPSA) is 76.0 Å². The van der Waals surface area contributed by atoms with E-state index in [1.807, 2.05) is 48.6 Å². The van der Waals surface area contributed by atoms with E-state index in [-0.39, 0.29) is 24.0 Å². The van der Waals surface area contributed by atoms with E-state index in [4.69, 9.17) is 9.16 Å². The molecule has 1 aliphatic rings. The summed E-state index contributed by atoms with van der Waals surface area (Å²) in [7, 11) is -2.86. The van der Waals surface area contributed by atoms with Gasteiger partial charge in [-0.05, 0) is 34.7 Å². The number of rotatable bonds is 5. The lowest BCUT2D eigenvalue weighted by atomic mass is 10.1. The molecule has 0 saturated carbocycles. The van der Waals surface area contributed by atoms with Crippen molar-refractivity contribution in [1.82, 2.24) is 0 Å². The van der Waals surface area contributed by atoms with Gasteiger partial charge in [0.2, 0.25) is 0 Å². The predicted molar refractivity (Wildman–Crippen MR) is 142 cm³/mol. The molecule has 2 aromatic rings. The van der Waals surface area contributed by atoms with Crippen LogP contribution in [0.1, 0.15) is 46.5 Å². The first kappa shape index (κ1) is 27.1.